The third-order valence-corrected chi connectivity index (χ3v) is 5.68. The van der Waals surface area contributed by atoms with Crippen molar-refractivity contribution in [3.05, 3.63) is 89.7 Å². The van der Waals surface area contributed by atoms with Gasteiger partial charge in [0.1, 0.15) is 0 Å². The van der Waals surface area contributed by atoms with Crippen molar-refractivity contribution in [1.82, 2.24) is 14.8 Å². The summed E-state index contributed by atoms with van der Waals surface area (Å²) in [6, 6.07) is 20.5. The van der Waals surface area contributed by atoms with Crippen LogP contribution in [0.2, 0.25) is 0 Å². The van der Waals surface area contributed by atoms with Gasteiger partial charge in [0.05, 0.1) is 12.5 Å². The fraction of sp³-hybridized carbons (Fsp3) is 0.320. The third kappa shape index (κ3) is 5.59. The molecule has 5 nitrogen and oxygen atoms in total. The monoisotopic (exact) mass is 403 g/mol. The van der Waals surface area contributed by atoms with Crippen molar-refractivity contribution in [1.29, 1.82) is 0 Å². The zero-order valence-electron chi connectivity index (χ0n) is 17.2. The van der Waals surface area contributed by atoms with E-state index >= 15 is 0 Å². The van der Waals surface area contributed by atoms with E-state index in [2.05, 4.69) is 34.5 Å². The van der Waals surface area contributed by atoms with Crippen LogP contribution in [0.15, 0.2) is 73.1 Å². The lowest BCUT2D eigenvalue weighted by molar-refractivity contribution is -0.120. The zero-order valence-corrected chi connectivity index (χ0v) is 17.2. The molecule has 5 heteroatoms. The van der Waals surface area contributed by atoms with Crippen molar-refractivity contribution in [3.63, 3.8) is 0 Å². The fourth-order valence-corrected chi connectivity index (χ4v) is 3.84. The largest absolute Gasteiger partial charge is 0.393 e. The lowest BCUT2D eigenvalue weighted by atomic mass is 10.1. The highest BCUT2D eigenvalue weighted by molar-refractivity contribution is 5.78. The van der Waals surface area contributed by atoms with Crippen LogP contribution in [0, 0.1) is 0 Å². The SMILES string of the molecule is O=C(Cc1ccc(-n2cccc2)cc1)NCc1ccc(CN2CCC(O)CC2)cc1. The Morgan fingerprint density at radius 1 is 0.900 bits per heavy atom. The number of piperidine rings is 1. The van der Waals surface area contributed by atoms with Crippen LogP contribution in [0.25, 0.3) is 5.69 Å². The molecule has 1 saturated heterocycles. The summed E-state index contributed by atoms with van der Waals surface area (Å²) in [7, 11) is 0. The molecular weight excluding hydrogens is 374 g/mol. The minimum Gasteiger partial charge on any atom is -0.393 e. The topological polar surface area (TPSA) is 57.5 Å². The first-order valence-electron chi connectivity index (χ1n) is 10.6. The van der Waals surface area contributed by atoms with E-state index in [1.54, 1.807) is 0 Å². The number of aromatic nitrogens is 1. The number of likely N-dealkylation sites (tertiary alicyclic amines) is 1. The second kappa shape index (κ2) is 9.74. The minimum atomic E-state index is -0.135. The molecule has 1 aromatic heterocycles. The molecule has 1 fully saturated rings. The Hall–Kier alpha value is -2.89. The first-order chi connectivity index (χ1) is 14.7. The number of nitrogens with zero attached hydrogens (tertiary/aromatic N) is 2. The van der Waals surface area contributed by atoms with Crippen LogP contribution in [0.4, 0.5) is 0 Å². The Morgan fingerprint density at radius 3 is 2.17 bits per heavy atom. The second-order valence-corrected chi connectivity index (χ2v) is 8.03. The molecule has 4 rings (SSSR count). The number of hydrogen-bond donors (Lipinski definition) is 2. The van der Waals surface area contributed by atoms with Gasteiger partial charge in [0.15, 0.2) is 0 Å². The van der Waals surface area contributed by atoms with Crippen molar-refractivity contribution >= 4 is 5.91 Å². The summed E-state index contributed by atoms with van der Waals surface area (Å²) >= 11 is 0. The highest BCUT2D eigenvalue weighted by Gasteiger charge is 2.16. The van der Waals surface area contributed by atoms with E-state index in [4.69, 9.17) is 0 Å². The molecule has 30 heavy (non-hydrogen) atoms. The molecule has 0 spiro atoms. The molecule has 3 aromatic rings. The maximum absolute atomic E-state index is 12.3. The number of nitrogens with one attached hydrogen (secondary N) is 1. The summed E-state index contributed by atoms with van der Waals surface area (Å²) in [6.45, 7) is 3.35. The van der Waals surface area contributed by atoms with E-state index in [-0.39, 0.29) is 12.0 Å². The van der Waals surface area contributed by atoms with Gasteiger partial charge in [-0.2, -0.15) is 0 Å². The Balaban J connectivity index is 1.22. The number of rotatable bonds is 7. The fourth-order valence-electron chi connectivity index (χ4n) is 3.84. The Bertz CT molecular complexity index is 926. The van der Waals surface area contributed by atoms with E-state index in [0.717, 1.165) is 49.3 Å². The third-order valence-electron chi connectivity index (χ3n) is 5.68. The van der Waals surface area contributed by atoms with Gasteiger partial charge in [-0.05, 0) is 53.8 Å². The van der Waals surface area contributed by atoms with Gasteiger partial charge in [-0.15, -0.1) is 0 Å². The Labute approximate surface area is 178 Å². The quantitative estimate of drug-likeness (QED) is 0.636. The standard InChI is InChI=1S/C25H29N3O2/c29-24-11-15-27(16-12-24)19-22-5-3-21(4-6-22)18-26-25(30)17-20-7-9-23(10-8-20)28-13-1-2-14-28/h1-10,13-14,24,29H,11-12,15-19H2,(H,26,30). The number of aliphatic hydroxyl groups is 1. The van der Waals surface area contributed by atoms with Gasteiger partial charge in [0.25, 0.3) is 0 Å². The lowest BCUT2D eigenvalue weighted by Crippen LogP contribution is -2.35. The van der Waals surface area contributed by atoms with Crippen LogP contribution in [-0.2, 0) is 24.3 Å². The summed E-state index contributed by atoms with van der Waals surface area (Å²) in [5, 5.41) is 12.6. The number of carbonyl (C=O) groups excluding carboxylic acids is 1. The Kier molecular flexibility index (Phi) is 6.62. The molecule has 0 bridgehead atoms. The van der Waals surface area contributed by atoms with Crippen LogP contribution < -0.4 is 5.32 Å². The molecule has 2 N–H and O–H groups in total. The van der Waals surface area contributed by atoms with E-state index in [9.17, 15) is 9.90 Å². The molecule has 2 aromatic carbocycles. The van der Waals surface area contributed by atoms with Gasteiger partial charge >= 0.3 is 0 Å². The molecule has 0 atom stereocenters. The zero-order chi connectivity index (χ0) is 20.8. The average molecular weight is 404 g/mol. The predicted octanol–water partition coefficient (Wildman–Crippen LogP) is 3.29. The lowest BCUT2D eigenvalue weighted by Gasteiger charge is -2.29. The summed E-state index contributed by atoms with van der Waals surface area (Å²) in [5.74, 6) is 0.0275. The number of hydrogen-bond acceptors (Lipinski definition) is 3. The van der Waals surface area contributed by atoms with Gasteiger partial charge in [0.2, 0.25) is 5.91 Å². The van der Waals surface area contributed by atoms with Gasteiger partial charge in [-0.25, -0.2) is 0 Å². The van der Waals surface area contributed by atoms with Crippen LogP contribution in [0.3, 0.4) is 0 Å². The maximum atomic E-state index is 12.3. The van der Waals surface area contributed by atoms with Crippen molar-refractivity contribution in [2.75, 3.05) is 13.1 Å². The summed E-state index contributed by atoms with van der Waals surface area (Å²) in [4.78, 5) is 14.7. The van der Waals surface area contributed by atoms with Gasteiger partial charge < -0.3 is 15.0 Å². The van der Waals surface area contributed by atoms with E-state index in [0.29, 0.717) is 13.0 Å². The van der Waals surface area contributed by atoms with E-state index < -0.39 is 0 Å². The molecule has 0 unspecified atom stereocenters. The first kappa shape index (κ1) is 20.4. The molecule has 1 amide bonds. The molecule has 0 radical (unpaired) electrons. The van der Waals surface area contributed by atoms with Gasteiger partial charge in [-0.3, -0.25) is 9.69 Å². The highest BCUT2D eigenvalue weighted by Crippen LogP contribution is 2.14. The van der Waals surface area contributed by atoms with Crippen molar-refractivity contribution in [2.24, 2.45) is 0 Å². The average Bonchev–Trinajstić information content (AvgIpc) is 3.30. The first-order valence-corrected chi connectivity index (χ1v) is 10.6. The summed E-state index contributed by atoms with van der Waals surface area (Å²) in [5.41, 5.74) is 4.46. The molecule has 0 saturated carbocycles. The summed E-state index contributed by atoms with van der Waals surface area (Å²) in [6.07, 6.45) is 5.97. The molecular formula is C25H29N3O2. The minimum absolute atomic E-state index is 0.0275. The van der Waals surface area contributed by atoms with Gasteiger partial charge in [-0.1, -0.05) is 36.4 Å². The Morgan fingerprint density at radius 2 is 1.50 bits per heavy atom. The van der Waals surface area contributed by atoms with Crippen LogP contribution >= 0.6 is 0 Å². The summed E-state index contributed by atoms with van der Waals surface area (Å²) < 4.78 is 2.04. The number of aliphatic hydroxyl groups excluding tert-OH is 1. The molecule has 2 heterocycles. The van der Waals surface area contributed by atoms with E-state index in [1.165, 1.54) is 5.56 Å². The second-order valence-electron chi connectivity index (χ2n) is 8.03. The number of carbonyl (C=O) groups is 1. The van der Waals surface area contributed by atoms with Crippen molar-refractivity contribution in [3.8, 4) is 5.69 Å². The molecule has 1 aliphatic heterocycles. The van der Waals surface area contributed by atoms with E-state index in [1.807, 2.05) is 53.4 Å². The molecule has 156 valence electrons. The van der Waals surface area contributed by atoms with Crippen molar-refractivity contribution in [2.45, 2.75) is 38.5 Å². The van der Waals surface area contributed by atoms with Crippen LogP contribution in [0.1, 0.15) is 29.5 Å². The molecule has 0 aliphatic carbocycles. The highest BCUT2D eigenvalue weighted by atomic mass is 16.3. The van der Waals surface area contributed by atoms with Crippen molar-refractivity contribution < 1.29 is 9.90 Å². The predicted molar refractivity (Wildman–Crippen MR) is 118 cm³/mol. The smallest absolute Gasteiger partial charge is 0.224 e. The normalized spacial score (nSPS) is 15.2. The van der Waals surface area contributed by atoms with Gasteiger partial charge in [0, 0.05) is 44.3 Å². The maximum Gasteiger partial charge on any atom is 0.224 e. The molecule has 1 aliphatic rings. The van der Waals surface area contributed by atoms with Crippen LogP contribution in [0.5, 0.6) is 0 Å². The van der Waals surface area contributed by atoms with Crippen LogP contribution in [-0.4, -0.2) is 39.7 Å². The number of benzene rings is 2. The number of amides is 1.